The van der Waals surface area contributed by atoms with E-state index in [-0.39, 0.29) is 5.91 Å². The monoisotopic (exact) mass is 455 g/mol. The molecule has 1 aliphatic carbocycles. The Morgan fingerprint density at radius 2 is 2.24 bits per heavy atom. The average Bonchev–Trinajstić information content (AvgIpc) is 3.32. The van der Waals surface area contributed by atoms with E-state index < -0.39 is 12.1 Å². The summed E-state index contributed by atoms with van der Waals surface area (Å²) in [4.78, 5) is 20.6. The molecule has 2 atom stereocenters. The van der Waals surface area contributed by atoms with Gasteiger partial charge in [-0.3, -0.25) is 9.79 Å². The molecule has 8 heteroatoms. The molecule has 0 saturated heterocycles. The Kier molecular flexibility index (Phi) is 5.07. The van der Waals surface area contributed by atoms with Crippen LogP contribution in [0.2, 0.25) is 0 Å². The van der Waals surface area contributed by atoms with Gasteiger partial charge in [0.25, 0.3) is 0 Å². The number of pyridine rings is 2. The number of aryl methyl sites for hydroxylation is 1. The first-order chi connectivity index (χ1) is 12.0. The lowest BCUT2D eigenvalue weighted by atomic mass is 10.1. The molecule has 1 fully saturated rings. The Labute approximate surface area is 158 Å². The molecule has 25 heavy (non-hydrogen) atoms. The zero-order chi connectivity index (χ0) is 18.1. The summed E-state index contributed by atoms with van der Waals surface area (Å²) in [5, 5.41) is 3.62. The number of nitrogens with zero attached hydrogens (tertiary/aromatic N) is 3. The molecular formula is C17H19FIN5O. The Morgan fingerprint density at radius 1 is 1.52 bits per heavy atom. The number of anilines is 1. The van der Waals surface area contributed by atoms with Crippen LogP contribution < -0.4 is 14.3 Å². The quantitative estimate of drug-likeness (QED) is 0.551. The van der Waals surface area contributed by atoms with Crippen LogP contribution in [0.25, 0.3) is 16.5 Å². The van der Waals surface area contributed by atoms with Crippen molar-refractivity contribution < 1.29 is 9.18 Å². The summed E-state index contributed by atoms with van der Waals surface area (Å²) in [7, 11) is 3.66. The standard InChI is InChI=1S/C17H19FIN5O/c1-9(7-22-19)11-4-10-8-21-15(23-17(25)12-5-13(12)18)6-14(10)24(3)16(11)20-2/h4,6-8,12-13,22H,5H2,1-3H3,(H,21,23,25)/b9-7+,20-16?. The Morgan fingerprint density at radius 3 is 2.84 bits per heavy atom. The minimum atomic E-state index is -1.02. The van der Waals surface area contributed by atoms with Crippen molar-refractivity contribution in [1.82, 2.24) is 13.1 Å². The highest BCUT2D eigenvalue weighted by atomic mass is 127. The number of alkyl halides is 1. The number of halogens is 2. The lowest BCUT2D eigenvalue weighted by Crippen LogP contribution is -2.23. The van der Waals surface area contributed by atoms with Gasteiger partial charge in [-0.1, -0.05) is 0 Å². The first kappa shape index (κ1) is 17.8. The second-order valence-corrected chi connectivity index (χ2v) is 6.70. The van der Waals surface area contributed by atoms with E-state index >= 15 is 0 Å². The molecule has 1 saturated carbocycles. The van der Waals surface area contributed by atoms with Crippen molar-refractivity contribution in [3.8, 4) is 0 Å². The number of hydrogen-bond donors (Lipinski definition) is 2. The van der Waals surface area contributed by atoms with Crippen molar-refractivity contribution >= 4 is 51.1 Å². The van der Waals surface area contributed by atoms with Crippen molar-refractivity contribution in [2.75, 3.05) is 12.4 Å². The molecule has 132 valence electrons. The number of hydrogen-bond acceptors (Lipinski definition) is 4. The highest BCUT2D eigenvalue weighted by molar-refractivity contribution is 14.1. The van der Waals surface area contributed by atoms with Gasteiger partial charge in [-0.2, -0.15) is 0 Å². The normalized spacial score (nSPS) is 20.7. The van der Waals surface area contributed by atoms with Crippen LogP contribution in [0.5, 0.6) is 0 Å². The first-order valence-electron chi connectivity index (χ1n) is 7.87. The summed E-state index contributed by atoms with van der Waals surface area (Å²) < 4.78 is 18.0. The van der Waals surface area contributed by atoms with Gasteiger partial charge in [0.15, 0.2) is 0 Å². The molecule has 2 unspecified atom stereocenters. The molecule has 0 spiro atoms. The maximum atomic E-state index is 13.0. The molecule has 1 aliphatic rings. The van der Waals surface area contributed by atoms with Gasteiger partial charge in [0.05, 0.1) is 34.3 Å². The fourth-order valence-electron chi connectivity index (χ4n) is 2.81. The number of rotatable bonds is 4. The smallest absolute Gasteiger partial charge is 0.231 e. The highest BCUT2D eigenvalue weighted by Crippen LogP contribution is 2.34. The lowest BCUT2D eigenvalue weighted by Gasteiger charge is -2.13. The number of carbonyl (C=O) groups is 1. The molecule has 2 aromatic heterocycles. The van der Waals surface area contributed by atoms with Crippen molar-refractivity contribution in [2.45, 2.75) is 19.5 Å². The third-order valence-corrected chi connectivity index (χ3v) is 4.65. The van der Waals surface area contributed by atoms with E-state index in [1.165, 1.54) is 0 Å². The summed E-state index contributed by atoms with van der Waals surface area (Å²) in [5.74, 6) is -0.433. The van der Waals surface area contributed by atoms with Gasteiger partial charge in [-0.15, -0.1) is 0 Å². The average molecular weight is 455 g/mol. The number of fused-ring (bicyclic) bond motifs is 1. The zero-order valence-electron chi connectivity index (χ0n) is 14.2. The number of allylic oxidation sites excluding steroid dienone is 1. The number of nitrogens with one attached hydrogen (secondary N) is 2. The summed E-state index contributed by atoms with van der Waals surface area (Å²) in [6, 6.07) is 3.81. The minimum Gasteiger partial charge on any atom is -0.335 e. The molecule has 0 radical (unpaired) electrons. The van der Waals surface area contributed by atoms with E-state index in [0.717, 1.165) is 27.5 Å². The third-order valence-electron chi connectivity index (χ3n) is 4.34. The minimum absolute atomic E-state index is 0.297. The molecule has 1 amide bonds. The molecular weight excluding hydrogens is 436 g/mol. The Hall–Kier alpha value is -1.97. The van der Waals surface area contributed by atoms with Crippen LogP contribution in [-0.2, 0) is 11.8 Å². The van der Waals surface area contributed by atoms with E-state index in [9.17, 15) is 9.18 Å². The number of aromatic nitrogens is 2. The SMILES string of the molecule is CN=c1c(/C(C)=C/NI)cc2cnc(NC(=O)C3CC3F)cc2n1C. The molecule has 0 bridgehead atoms. The molecule has 0 aliphatic heterocycles. The zero-order valence-corrected chi connectivity index (χ0v) is 16.3. The van der Waals surface area contributed by atoms with Gasteiger partial charge < -0.3 is 13.4 Å². The lowest BCUT2D eigenvalue weighted by molar-refractivity contribution is -0.117. The maximum Gasteiger partial charge on any atom is 0.231 e. The molecule has 6 nitrogen and oxygen atoms in total. The Bertz CT molecular complexity index is 937. The van der Waals surface area contributed by atoms with Gasteiger partial charge in [0.1, 0.15) is 17.5 Å². The summed E-state index contributed by atoms with van der Waals surface area (Å²) in [6.07, 6.45) is 2.89. The summed E-state index contributed by atoms with van der Waals surface area (Å²) in [6.45, 7) is 2.01. The third kappa shape index (κ3) is 3.53. The van der Waals surface area contributed by atoms with Gasteiger partial charge >= 0.3 is 0 Å². The van der Waals surface area contributed by atoms with E-state index in [1.54, 1.807) is 19.3 Å². The van der Waals surface area contributed by atoms with Crippen molar-refractivity contribution in [2.24, 2.45) is 18.0 Å². The van der Waals surface area contributed by atoms with Crippen LogP contribution in [0, 0.1) is 5.92 Å². The van der Waals surface area contributed by atoms with E-state index in [0.29, 0.717) is 12.2 Å². The van der Waals surface area contributed by atoms with Crippen LogP contribution in [0.1, 0.15) is 18.9 Å². The summed E-state index contributed by atoms with van der Waals surface area (Å²) >= 11 is 2.06. The number of amides is 1. The maximum absolute atomic E-state index is 13.0. The molecule has 2 heterocycles. The second kappa shape index (κ2) is 7.11. The van der Waals surface area contributed by atoms with Crippen LogP contribution in [0.4, 0.5) is 10.2 Å². The van der Waals surface area contributed by atoms with Crippen molar-refractivity contribution in [3.05, 3.63) is 35.6 Å². The second-order valence-electron chi connectivity index (χ2n) is 6.08. The van der Waals surface area contributed by atoms with Crippen LogP contribution in [0.3, 0.4) is 0 Å². The van der Waals surface area contributed by atoms with Crippen LogP contribution >= 0.6 is 22.9 Å². The van der Waals surface area contributed by atoms with E-state index in [1.807, 2.05) is 30.8 Å². The fourth-order valence-corrected chi connectivity index (χ4v) is 3.28. The molecule has 2 N–H and O–H groups in total. The fraction of sp³-hybridized carbons (Fsp3) is 0.353. The predicted octanol–water partition coefficient (Wildman–Crippen LogP) is 2.70. The molecule has 2 aromatic rings. The van der Waals surface area contributed by atoms with Crippen molar-refractivity contribution in [1.29, 1.82) is 0 Å². The Balaban J connectivity index is 2.05. The molecule has 0 aromatic carbocycles. The molecule has 3 rings (SSSR count). The summed E-state index contributed by atoms with van der Waals surface area (Å²) in [5.41, 5.74) is 3.76. The first-order valence-corrected chi connectivity index (χ1v) is 8.95. The predicted molar refractivity (Wildman–Crippen MR) is 105 cm³/mol. The van der Waals surface area contributed by atoms with Crippen LogP contribution in [0.15, 0.2) is 29.5 Å². The van der Waals surface area contributed by atoms with Gasteiger partial charge in [0, 0.05) is 43.5 Å². The van der Waals surface area contributed by atoms with Gasteiger partial charge in [0.2, 0.25) is 5.91 Å². The number of carbonyl (C=O) groups excluding carboxylic acids is 1. The van der Waals surface area contributed by atoms with Gasteiger partial charge in [-0.05, 0) is 25.0 Å². The topological polar surface area (TPSA) is 71.3 Å². The highest BCUT2D eigenvalue weighted by Gasteiger charge is 2.43. The van der Waals surface area contributed by atoms with Crippen LogP contribution in [-0.4, -0.2) is 28.7 Å². The largest absolute Gasteiger partial charge is 0.335 e. The van der Waals surface area contributed by atoms with E-state index in [2.05, 4.69) is 41.7 Å². The van der Waals surface area contributed by atoms with Crippen molar-refractivity contribution in [3.63, 3.8) is 0 Å². The van der Waals surface area contributed by atoms with E-state index in [4.69, 9.17) is 0 Å². The van der Waals surface area contributed by atoms with Gasteiger partial charge in [-0.25, -0.2) is 9.37 Å².